The van der Waals surface area contributed by atoms with Gasteiger partial charge in [0.2, 0.25) is 0 Å². The maximum atomic E-state index is 10.1. The van der Waals surface area contributed by atoms with E-state index in [1.165, 1.54) is 10.9 Å². The standard InChI is InChI=1S/C53H39N5/c1-53(2,3)39-29-36(28-37(30-39)47-31-45(38(32-54)33-55-47)35-18-8-5-9-19-35)41-22-15-27-49-51(41)57-52(44-24-14-23-43-42-21-10-12-25-46(42)56-50(43)44)58(49)48-26-13-11-20-40(48)34-16-6-4-7-17-34/h4-31,33,56H,1-3H3. The van der Waals surface area contributed by atoms with Crippen LogP contribution in [-0.4, -0.2) is 19.5 Å². The Labute approximate surface area is 337 Å². The third-order valence-corrected chi connectivity index (χ3v) is 11.2. The van der Waals surface area contributed by atoms with Crippen molar-refractivity contribution in [3.8, 4) is 67.8 Å². The lowest BCUT2D eigenvalue weighted by Gasteiger charge is -2.22. The lowest BCUT2D eigenvalue weighted by molar-refractivity contribution is 0.590. The van der Waals surface area contributed by atoms with Crippen molar-refractivity contribution in [2.24, 2.45) is 0 Å². The number of hydrogen-bond donors (Lipinski definition) is 1. The Morgan fingerprint density at radius 1 is 0.569 bits per heavy atom. The van der Waals surface area contributed by atoms with E-state index in [0.717, 1.165) is 89.2 Å². The van der Waals surface area contributed by atoms with E-state index in [1.807, 2.05) is 36.4 Å². The fourth-order valence-electron chi connectivity index (χ4n) is 8.27. The van der Waals surface area contributed by atoms with Gasteiger partial charge in [-0.1, -0.05) is 148 Å². The quantitative estimate of drug-likeness (QED) is 0.184. The zero-order valence-electron chi connectivity index (χ0n) is 32.5. The summed E-state index contributed by atoms with van der Waals surface area (Å²) in [5, 5.41) is 12.4. The van der Waals surface area contributed by atoms with Crippen LogP contribution in [0, 0.1) is 11.3 Å². The second-order valence-corrected chi connectivity index (χ2v) is 15.9. The highest BCUT2D eigenvalue weighted by Gasteiger charge is 2.24. The fourth-order valence-corrected chi connectivity index (χ4v) is 8.27. The smallest absolute Gasteiger partial charge is 0.147 e. The van der Waals surface area contributed by atoms with Gasteiger partial charge in [0, 0.05) is 50.3 Å². The summed E-state index contributed by atoms with van der Waals surface area (Å²) >= 11 is 0. The lowest BCUT2D eigenvalue weighted by atomic mass is 9.83. The monoisotopic (exact) mass is 745 g/mol. The highest BCUT2D eigenvalue weighted by atomic mass is 15.1. The van der Waals surface area contributed by atoms with E-state index in [2.05, 4.69) is 170 Å². The van der Waals surface area contributed by atoms with Gasteiger partial charge in [0.25, 0.3) is 0 Å². The molecule has 58 heavy (non-hydrogen) atoms. The van der Waals surface area contributed by atoms with Gasteiger partial charge in [0.1, 0.15) is 11.9 Å². The Hall–Kier alpha value is -7.55. The molecular weight excluding hydrogens is 707 g/mol. The van der Waals surface area contributed by atoms with Crippen molar-refractivity contribution >= 4 is 32.8 Å². The van der Waals surface area contributed by atoms with E-state index in [0.29, 0.717) is 5.56 Å². The summed E-state index contributed by atoms with van der Waals surface area (Å²) in [5.41, 5.74) is 15.7. The summed E-state index contributed by atoms with van der Waals surface area (Å²) in [7, 11) is 0. The molecule has 0 spiro atoms. The van der Waals surface area contributed by atoms with Crippen molar-refractivity contribution in [1.29, 1.82) is 5.26 Å². The first-order valence-electron chi connectivity index (χ1n) is 19.6. The Balaban J connectivity index is 1.25. The van der Waals surface area contributed by atoms with Crippen LogP contribution in [-0.2, 0) is 5.41 Å². The number of nitriles is 1. The van der Waals surface area contributed by atoms with Crippen molar-refractivity contribution in [2.45, 2.75) is 26.2 Å². The molecule has 0 amide bonds. The molecule has 5 nitrogen and oxygen atoms in total. The molecule has 3 heterocycles. The zero-order valence-corrected chi connectivity index (χ0v) is 32.5. The number of hydrogen-bond acceptors (Lipinski definition) is 3. The summed E-state index contributed by atoms with van der Waals surface area (Å²) in [6, 6.07) is 61.9. The average Bonchev–Trinajstić information content (AvgIpc) is 3.85. The second kappa shape index (κ2) is 13.9. The Bertz CT molecular complexity index is 3210. The molecule has 0 saturated heterocycles. The summed E-state index contributed by atoms with van der Waals surface area (Å²) in [5.74, 6) is 0.858. The van der Waals surface area contributed by atoms with Crippen LogP contribution in [0.4, 0.5) is 0 Å². The van der Waals surface area contributed by atoms with E-state index in [-0.39, 0.29) is 5.41 Å². The Kier molecular flexibility index (Phi) is 8.35. The summed E-state index contributed by atoms with van der Waals surface area (Å²) in [4.78, 5) is 14.3. The number of benzene rings is 7. The number of H-pyrrole nitrogens is 1. The largest absolute Gasteiger partial charge is 0.354 e. The third-order valence-electron chi connectivity index (χ3n) is 11.2. The topological polar surface area (TPSA) is 70.3 Å². The molecule has 7 aromatic carbocycles. The van der Waals surface area contributed by atoms with Gasteiger partial charge in [0.05, 0.1) is 33.5 Å². The Morgan fingerprint density at radius 2 is 1.21 bits per heavy atom. The maximum absolute atomic E-state index is 10.1. The van der Waals surface area contributed by atoms with Crippen LogP contribution in [0.15, 0.2) is 176 Å². The van der Waals surface area contributed by atoms with E-state index in [9.17, 15) is 5.26 Å². The molecule has 0 bridgehead atoms. The van der Waals surface area contributed by atoms with Crippen molar-refractivity contribution in [2.75, 3.05) is 0 Å². The van der Waals surface area contributed by atoms with Gasteiger partial charge < -0.3 is 4.98 Å². The predicted molar refractivity (Wildman–Crippen MR) is 239 cm³/mol. The van der Waals surface area contributed by atoms with Gasteiger partial charge >= 0.3 is 0 Å². The molecule has 0 unspecified atom stereocenters. The molecular formula is C53H39N5. The molecule has 0 fully saturated rings. The predicted octanol–water partition coefficient (Wildman–Crippen LogP) is 13.6. The first-order valence-corrected chi connectivity index (χ1v) is 19.6. The number of nitrogens with one attached hydrogen (secondary N) is 1. The number of para-hydroxylation sites is 4. The molecule has 276 valence electrons. The minimum absolute atomic E-state index is 0.155. The van der Waals surface area contributed by atoms with E-state index >= 15 is 0 Å². The van der Waals surface area contributed by atoms with Crippen LogP contribution in [0.5, 0.6) is 0 Å². The van der Waals surface area contributed by atoms with Crippen molar-refractivity contribution in [3.63, 3.8) is 0 Å². The number of rotatable bonds is 6. The van der Waals surface area contributed by atoms with Gasteiger partial charge in [-0.25, -0.2) is 4.98 Å². The summed E-state index contributed by atoms with van der Waals surface area (Å²) in [6.07, 6.45) is 1.70. The van der Waals surface area contributed by atoms with Crippen LogP contribution in [0.25, 0.3) is 94.6 Å². The molecule has 0 aliphatic rings. The first kappa shape index (κ1) is 34.9. The van der Waals surface area contributed by atoms with Crippen LogP contribution in [0.1, 0.15) is 31.9 Å². The first-order chi connectivity index (χ1) is 28.4. The summed E-state index contributed by atoms with van der Waals surface area (Å²) < 4.78 is 2.34. The SMILES string of the molecule is CC(C)(C)c1cc(-c2cc(-c3ccccc3)c(C#N)cn2)cc(-c2cccc3c2nc(-c2cccc4c2[nH]c2ccccc24)n3-c2ccccc2-c2ccccc2)c1. The molecule has 0 saturated carbocycles. The van der Waals surface area contributed by atoms with Crippen molar-refractivity contribution in [1.82, 2.24) is 19.5 Å². The lowest BCUT2D eigenvalue weighted by Crippen LogP contribution is -2.11. The number of nitrogens with zero attached hydrogens (tertiary/aromatic N) is 4. The zero-order chi connectivity index (χ0) is 39.4. The fraction of sp³-hybridized carbons (Fsp3) is 0.0755. The van der Waals surface area contributed by atoms with Crippen LogP contribution < -0.4 is 0 Å². The highest BCUT2D eigenvalue weighted by Crippen LogP contribution is 2.42. The highest BCUT2D eigenvalue weighted by molar-refractivity contribution is 6.12. The average molecular weight is 746 g/mol. The third kappa shape index (κ3) is 5.95. The molecule has 0 aliphatic carbocycles. The minimum Gasteiger partial charge on any atom is -0.354 e. The number of aromatic nitrogens is 4. The Morgan fingerprint density at radius 3 is 1.98 bits per heavy atom. The van der Waals surface area contributed by atoms with Gasteiger partial charge in [-0.3, -0.25) is 9.55 Å². The minimum atomic E-state index is -0.155. The van der Waals surface area contributed by atoms with Crippen molar-refractivity contribution < 1.29 is 0 Å². The molecule has 5 heteroatoms. The number of aromatic amines is 1. The van der Waals surface area contributed by atoms with Gasteiger partial charge in [0.15, 0.2) is 0 Å². The van der Waals surface area contributed by atoms with Gasteiger partial charge in [-0.05, 0) is 70.1 Å². The molecule has 0 radical (unpaired) electrons. The van der Waals surface area contributed by atoms with Crippen molar-refractivity contribution in [3.05, 3.63) is 187 Å². The normalized spacial score (nSPS) is 11.7. The number of imidazole rings is 1. The van der Waals surface area contributed by atoms with Gasteiger partial charge in [-0.2, -0.15) is 5.26 Å². The van der Waals surface area contributed by atoms with Crippen LogP contribution in [0.3, 0.4) is 0 Å². The van der Waals surface area contributed by atoms with E-state index in [1.54, 1.807) is 6.20 Å². The molecule has 1 N–H and O–H groups in total. The molecule has 0 aliphatic heterocycles. The second-order valence-electron chi connectivity index (χ2n) is 15.9. The molecule has 10 aromatic rings. The van der Waals surface area contributed by atoms with Crippen LogP contribution >= 0.6 is 0 Å². The van der Waals surface area contributed by atoms with E-state index in [4.69, 9.17) is 9.97 Å². The van der Waals surface area contributed by atoms with E-state index < -0.39 is 0 Å². The van der Waals surface area contributed by atoms with Crippen LogP contribution in [0.2, 0.25) is 0 Å². The molecule has 3 aromatic heterocycles. The molecule has 10 rings (SSSR count). The molecule has 0 atom stereocenters. The number of fused-ring (bicyclic) bond motifs is 4. The van der Waals surface area contributed by atoms with Gasteiger partial charge in [-0.15, -0.1) is 0 Å². The number of pyridine rings is 1. The maximum Gasteiger partial charge on any atom is 0.147 e. The summed E-state index contributed by atoms with van der Waals surface area (Å²) in [6.45, 7) is 6.73.